The molecule has 0 aliphatic carbocycles. The molecule has 2 unspecified atom stereocenters. The topological polar surface area (TPSA) is 88.1 Å². The first-order chi connectivity index (χ1) is 12.6. The Hall–Kier alpha value is -2.44. The maximum Gasteiger partial charge on any atom is 0.410 e. The Morgan fingerprint density at radius 1 is 1.23 bits per heavy atom. The number of rotatable bonds is 8. The van der Waals surface area contributed by atoms with Crippen molar-refractivity contribution in [2.45, 2.75) is 57.8 Å². The fourth-order valence-electron chi connectivity index (χ4n) is 2.93. The highest BCUT2D eigenvalue weighted by Gasteiger charge is 2.34. The van der Waals surface area contributed by atoms with E-state index < -0.39 is 18.4 Å². The summed E-state index contributed by atoms with van der Waals surface area (Å²) in [4.78, 5) is 24.6. The number of hydrogen-bond acceptors (Lipinski definition) is 4. The summed E-state index contributed by atoms with van der Waals surface area (Å²) in [7, 11) is 0. The molecule has 7 nitrogen and oxygen atoms in total. The van der Waals surface area contributed by atoms with Crippen molar-refractivity contribution in [3.05, 3.63) is 30.3 Å². The van der Waals surface area contributed by atoms with Crippen LogP contribution in [0.15, 0.2) is 30.3 Å². The second-order valence-electron chi connectivity index (χ2n) is 6.40. The van der Waals surface area contributed by atoms with Crippen LogP contribution < -0.4 is 10.1 Å². The molecular formula is C19H28N2O5. The second-order valence-corrected chi connectivity index (χ2v) is 6.40. The fourth-order valence-corrected chi connectivity index (χ4v) is 2.93. The molecule has 2 atom stereocenters. The minimum Gasteiger partial charge on any atom is -0.470 e. The van der Waals surface area contributed by atoms with Crippen molar-refractivity contribution in [1.29, 1.82) is 0 Å². The zero-order chi connectivity index (χ0) is 18.8. The lowest BCUT2D eigenvalue weighted by atomic mass is 10.1. The van der Waals surface area contributed by atoms with Crippen LogP contribution in [-0.2, 0) is 4.74 Å². The van der Waals surface area contributed by atoms with Gasteiger partial charge in [0.15, 0.2) is 6.23 Å². The van der Waals surface area contributed by atoms with Gasteiger partial charge in [0.25, 0.3) is 0 Å². The van der Waals surface area contributed by atoms with Gasteiger partial charge in [-0.25, -0.2) is 9.59 Å². The van der Waals surface area contributed by atoms with E-state index in [4.69, 9.17) is 9.47 Å². The Kier molecular flexibility index (Phi) is 8.05. The first-order valence-corrected chi connectivity index (χ1v) is 9.26. The molecule has 0 aromatic heterocycles. The molecule has 0 radical (unpaired) electrons. The summed E-state index contributed by atoms with van der Waals surface area (Å²) in [6.45, 7) is 3.00. The Bertz CT molecular complexity index is 566. The summed E-state index contributed by atoms with van der Waals surface area (Å²) >= 11 is 0. The van der Waals surface area contributed by atoms with Crippen LogP contribution in [0.3, 0.4) is 0 Å². The van der Waals surface area contributed by atoms with Crippen molar-refractivity contribution in [1.82, 2.24) is 10.2 Å². The van der Waals surface area contributed by atoms with E-state index in [-0.39, 0.29) is 12.6 Å². The van der Waals surface area contributed by atoms with Gasteiger partial charge in [0.1, 0.15) is 11.9 Å². The SMILES string of the molecule is CCCCCCNC(=O)OC1CCN(C(=O)O)C(Oc2ccccc2)C1. The number of carbonyl (C=O) groups is 2. The molecule has 2 N–H and O–H groups in total. The highest BCUT2D eigenvalue weighted by molar-refractivity contribution is 5.67. The van der Waals surface area contributed by atoms with Gasteiger partial charge in [-0.15, -0.1) is 0 Å². The van der Waals surface area contributed by atoms with E-state index in [0.29, 0.717) is 25.1 Å². The lowest BCUT2D eigenvalue weighted by molar-refractivity contribution is -0.0435. The monoisotopic (exact) mass is 364 g/mol. The summed E-state index contributed by atoms with van der Waals surface area (Å²) in [6.07, 6.45) is 2.56. The molecule has 1 aliphatic rings. The van der Waals surface area contributed by atoms with Crippen molar-refractivity contribution >= 4 is 12.2 Å². The van der Waals surface area contributed by atoms with Gasteiger partial charge in [-0.1, -0.05) is 44.4 Å². The number of benzene rings is 1. The fraction of sp³-hybridized carbons (Fsp3) is 0.579. The van der Waals surface area contributed by atoms with Gasteiger partial charge in [-0.05, 0) is 18.6 Å². The average molecular weight is 364 g/mol. The molecule has 7 heteroatoms. The molecule has 26 heavy (non-hydrogen) atoms. The summed E-state index contributed by atoms with van der Waals surface area (Å²) in [5.41, 5.74) is 0. The Morgan fingerprint density at radius 3 is 2.69 bits per heavy atom. The molecule has 2 rings (SSSR count). The van der Waals surface area contributed by atoms with Crippen LogP contribution in [0.2, 0.25) is 0 Å². The molecule has 0 saturated carbocycles. The predicted molar refractivity (Wildman–Crippen MR) is 97.2 cm³/mol. The minimum atomic E-state index is -1.04. The number of amides is 2. The van der Waals surface area contributed by atoms with Crippen molar-refractivity contribution in [2.75, 3.05) is 13.1 Å². The lowest BCUT2D eigenvalue weighted by Crippen LogP contribution is -2.51. The number of alkyl carbamates (subject to hydrolysis) is 1. The van der Waals surface area contributed by atoms with Crippen molar-refractivity contribution in [3.63, 3.8) is 0 Å². The Labute approximate surface area is 154 Å². The molecule has 1 heterocycles. The van der Waals surface area contributed by atoms with Crippen LogP contribution in [0.5, 0.6) is 5.75 Å². The van der Waals surface area contributed by atoms with E-state index in [1.54, 1.807) is 12.1 Å². The Balaban J connectivity index is 1.83. The van der Waals surface area contributed by atoms with Gasteiger partial charge < -0.3 is 19.9 Å². The van der Waals surface area contributed by atoms with Gasteiger partial charge in [-0.2, -0.15) is 0 Å². The third kappa shape index (κ3) is 6.46. The van der Waals surface area contributed by atoms with E-state index in [0.717, 1.165) is 25.7 Å². The number of carboxylic acid groups (broad SMARTS) is 1. The molecule has 1 fully saturated rings. The lowest BCUT2D eigenvalue weighted by Gasteiger charge is -2.37. The van der Waals surface area contributed by atoms with Crippen LogP contribution in [0, 0.1) is 0 Å². The third-order valence-corrected chi connectivity index (χ3v) is 4.34. The van der Waals surface area contributed by atoms with Crippen LogP contribution in [0.25, 0.3) is 0 Å². The smallest absolute Gasteiger partial charge is 0.410 e. The van der Waals surface area contributed by atoms with Gasteiger partial charge in [-0.3, -0.25) is 4.90 Å². The summed E-state index contributed by atoms with van der Waals surface area (Å²) in [5.74, 6) is 0.588. The van der Waals surface area contributed by atoms with Crippen molar-refractivity contribution < 1.29 is 24.2 Å². The number of carbonyl (C=O) groups excluding carboxylic acids is 1. The Morgan fingerprint density at radius 2 is 2.00 bits per heavy atom. The van der Waals surface area contributed by atoms with Crippen molar-refractivity contribution in [3.8, 4) is 5.75 Å². The van der Waals surface area contributed by atoms with Crippen LogP contribution in [0.1, 0.15) is 45.4 Å². The molecule has 1 aliphatic heterocycles. The van der Waals surface area contributed by atoms with Gasteiger partial charge in [0.05, 0.1) is 0 Å². The zero-order valence-corrected chi connectivity index (χ0v) is 15.2. The molecule has 1 aromatic rings. The summed E-state index contributed by atoms with van der Waals surface area (Å²) in [5, 5.41) is 12.1. The predicted octanol–water partition coefficient (Wildman–Crippen LogP) is 3.84. The quantitative estimate of drug-likeness (QED) is 0.684. The molecule has 0 spiro atoms. The van der Waals surface area contributed by atoms with Gasteiger partial charge in [0, 0.05) is 25.9 Å². The second kappa shape index (κ2) is 10.5. The largest absolute Gasteiger partial charge is 0.470 e. The first-order valence-electron chi connectivity index (χ1n) is 9.26. The van der Waals surface area contributed by atoms with Crippen LogP contribution >= 0.6 is 0 Å². The van der Waals surface area contributed by atoms with Crippen molar-refractivity contribution in [2.24, 2.45) is 0 Å². The van der Waals surface area contributed by atoms with Crippen LogP contribution in [0.4, 0.5) is 9.59 Å². The highest BCUT2D eigenvalue weighted by Crippen LogP contribution is 2.23. The number of nitrogens with one attached hydrogen (secondary N) is 1. The molecule has 144 valence electrons. The molecule has 1 aromatic carbocycles. The number of ether oxygens (including phenoxy) is 2. The van der Waals surface area contributed by atoms with E-state index in [2.05, 4.69) is 12.2 Å². The van der Waals surface area contributed by atoms with Crippen LogP contribution in [-0.4, -0.2) is 47.6 Å². The van der Waals surface area contributed by atoms with Gasteiger partial charge in [0.2, 0.25) is 0 Å². The number of piperidine rings is 1. The zero-order valence-electron chi connectivity index (χ0n) is 15.2. The van der Waals surface area contributed by atoms with Gasteiger partial charge >= 0.3 is 12.2 Å². The molecule has 2 amide bonds. The number of nitrogens with zero attached hydrogens (tertiary/aromatic N) is 1. The molecule has 1 saturated heterocycles. The normalized spacial score (nSPS) is 19.7. The standard InChI is InChI=1S/C19H28N2O5/c1-2-3-4-8-12-20-18(22)26-16-11-13-21(19(23)24)17(14-16)25-15-9-6-5-7-10-15/h5-7,9-10,16-17H,2-4,8,11-14H2,1H3,(H,20,22)(H,23,24). The number of hydrogen-bond donors (Lipinski definition) is 2. The summed E-state index contributed by atoms with van der Waals surface area (Å²) < 4.78 is 11.2. The maximum atomic E-state index is 11.9. The number of para-hydroxylation sites is 1. The van der Waals surface area contributed by atoms with E-state index >= 15 is 0 Å². The average Bonchev–Trinajstić information content (AvgIpc) is 2.62. The van der Waals surface area contributed by atoms with E-state index in [9.17, 15) is 14.7 Å². The van der Waals surface area contributed by atoms with E-state index in [1.807, 2.05) is 18.2 Å². The minimum absolute atomic E-state index is 0.265. The summed E-state index contributed by atoms with van der Waals surface area (Å²) in [6, 6.07) is 9.05. The maximum absolute atomic E-state index is 11.9. The first kappa shape index (κ1) is 19.9. The highest BCUT2D eigenvalue weighted by atomic mass is 16.6. The molecular weight excluding hydrogens is 336 g/mol. The van der Waals surface area contributed by atoms with E-state index in [1.165, 1.54) is 4.90 Å². The third-order valence-electron chi connectivity index (χ3n) is 4.34. The number of unbranched alkanes of at least 4 members (excludes halogenated alkanes) is 3. The number of likely N-dealkylation sites (tertiary alicyclic amines) is 1. The molecule has 0 bridgehead atoms.